The van der Waals surface area contributed by atoms with Gasteiger partial charge in [0.15, 0.2) is 0 Å². The van der Waals surface area contributed by atoms with Gasteiger partial charge in [-0.2, -0.15) is 5.26 Å². The van der Waals surface area contributed by atoms with Gasteiger partial charge in [0.1, 0.15) is 28.9 Å². The molecule has 0 saturated heterocycles. The molecule has 4 nitrogen and oxygen atoms in total. The van der Waals surface area contributed by atoms with Crippen LogP contribution in [0.2, 0.25) is 0 Å². The van der Waals surface area contributed by atoms with E-state index in [2.05, 4.69) is 0 Å². The fraction of sp³-hybridized carbons (Fsp3) is 0.0909. The number of rotatable bonds is 5. The van der Waals surface area contributed by atoms with Crippen LogP contribution in [0.5, 0.6) is 5.75 Å². The fourth-order valence-electron chi connectivity index (χ4n) is 2.64. The molecule has 1 aromatic heterocycles. The summed E-state index contributed by atoms with van der Waals surface area (Å²) in [7, 11) is 1.57. The highest BCUT2D eigenvalue weighted by atomic mass is 16.5. The van der Waals surface area contributed by atoms with Gasteiger partial charge in [-0.05, 0) is 36.8 Å². The van der Waals surface area contributed by atoms with Gasteiger partial charge in [0.05, 0.1) is 12.7 Å². The largest absolute Gasteiger partial charge is 0.497 e. The number of Topliss-reactive ketones (excluding diaryl/α,β-unsaturated/α-hetero) is 1. The first-order valence-electron chi connectivity index (χ1n) is 8.09. The van der Waals surface area contributed by atoms with Gasteiger partial charge in [-0.25, -0.2) is 0 Å². The summed E-state index contributed by atoms with van der Waals surface area (Å²) in [6.45, 7) is 1.72. The third-order valence-electron chi connectivity index (χ3n) is 3.99. The molecule has 4 heteroatoms. The van der Waals surface area contributed by atoms with Crippen molar-refractivity contribution in [2.45, 2.75) is 6.92 Å². The summed E-state index contributed by atoms with van der Waals surface area (Å²) in [5.41, 5.74) is 2.03. The number of ketones is 1. The Balaban J connectivity index is 1.96. The summed E-state index contributed by atoms with van der Waals surface area (Å²) < 4.78 is 10.9. The number of ether oxygens (including phenoxy) is 1. The first-order valence-corrected chi connectivity index (χ1v) is 8.09. The number of nitrogens with zero attached hydrogens (tertiary/aromatic N) is 1. The number of carbonyl (C=O) groups excluding carboxylic acids is 1. The van der Waals surface area contributed by atoms with Crippen molar-refractivity contribution >= 4 is 11.9 Å². The first kappa shape index (κ1) is 17.2. The van der Waals surface area contributed by atoms with E-state index in [0.717, 1.165) is 11.1 Å². The lowest BCUT2D eigenvalue weighted by molar-refractivity contribution is 0.103. The molecule has 128 valence electrons. The molecule has 0 aliphatic carbocycles. The summed E-state index contributed by atoms with van der Waals surface area (Å²) >= 11 is 0. The average molecular weight is 343 g/mol. The van der Waals surface area contributed by atoms with Crippen molar-refractivity contribution in [1.29, 1.82) is 5.26 Å². The van der Waals surface area contributed by atoms with Crippen LogP contribution in [-0.2, 0) is 0 Å². The van der Waals surface area contributed by atoms with Crippen LogP contribution < -0.4 is 4.74 Å². The molecular formula is C22H17NO3. The molecule has 0 amide bonds. The molecule has 1 heterocycles. The van der Waals surface area contributed by atoms with Crippen molar-refractivity contribution in [3.8, 4) is 23.1 Å². The number of carbonyl (C=O) groups is 1. The van der Waals surface area contributed by atoms with Crippen molar-refractivity contribution in [1.82, 2.24) is 0 Å². The van der Waals surface area contributed by atoms with E-state index in [-0.39, 0.29) is 11.4 Å². The van der Waals surface area contributed by atoms with Crippen LogP contribution in [0.1, 0.15) is 21.7 Å². The summed E-state index contributed by atoms with van der Waals surface area (Å²) in [5.74, 6) is 1.39. The van der Waals surface area contributed by atoms with Gasteiger partial charge in [-0.1, -0.05) is 42.5 Å². The summed E-state index contributed by atoms with van der Waals surface area (Å²) in [6.07, 6.45) is 1.56. The minimum atomic E-state index is -0.362. The third-order valence-corrected chi connectivity index (χ3v) is 3.99. The molecule has 0 spiro atoms. The molecule has 0 radical (unpaired) electrons. The molecule has 3 rings (SSSR count). The molecule has 0 unspecified atom stereocenters. The Labute approximate surface area is 152 Å². The Kier molecular flexibility index (Phi) is 5.00. The van der Waals surface area contributed by atoms with Gasteiger partial charge in [-0.15, -0.1) is 0 Å². The lowest BCUT2D eigenvalue weighted by atomic mass is 10.0. The molecule has 2 aromatic carbocycles. The van der Waals surface area contributed by atoms with E-state index in [1.807, 2.05) is 42.5 Å². The number of aryl methyl sites for hydroxylation is 1. The minimum Gasteiger partial charge on any atom is -0.497 e. The van der Waals surface area contributed by atoms with Gasteiger partial charge >= 0.3 is 0 Å². The van der Waals surface area contributed by atoms with Crippen LogP contribution in [0.15, 0.2) is 70.7 Å². The van der Waals surface area contributed by atoms with Gasteiger partial charge in [0.25, 0.3) is 0 Å². The van der Waals surface area contributed by atoms with Gasteiger partial charge in [0, 0.05) is 5.56 Å². The summed E-state index contributed by atoms with van der Waals surface area (Å²) in [6, 6.07) is 20.4. The molecule has 0 atom stereocenters. The highest BCUT2D eigenvalue weighted by Gasteiger charge is 2.19. The van der Waals surface area contributed by atoms with E-state index >= 15 is 0 Å². The zero-order valence-electron chi connectivity index (χ0n) is 14.5. The Morgan fingerprint density at radius 3 is 2.58 bits per heavy atom. The predicted molar refractivity (Wildman–Crippen MR) is 99.8 cm³/mol. The van der Waals surface area contributed by atoms with Crippen LogP contribution in [0.25, 0.3) is 17.4 Å². The lowest BCUT2D eigenvalue weighted by Gasteiger charge is -2.01. The number of methoxy groups -OCH3 is 1. The van der Waals surface area contributed by atoms with E-state index in [0.29, 0.717) is 22.8 Å². The number of allylic oxidation sites excluding steroid dienone is 1. The number of hydrogen-bond donors (Lipinski definition) is 0. The van der Waals surface area contributed by atoms with E-state index in [9.17, 15) is 10.1 Å². The van der Waals surface area contributed by atoms with Crippen molar-refractivity contribution in [2.75, 3.05) is 7.11 Å². The SMILES string of the molecule is COc1cccc(C=C(C#N)C(=O)c2cc(-c3ccccc3)oc2C)c1. The van der Waals surface area contributed by atoms with Gasteiger partial charge in [0.2, 0.25) is 5.78 Å². The highest BCUT2D eigenvalue weighted by Crippen LogP contribution is 2.27. The molecular weight excluding hydrogens is 326 g/mol. The topological polar surface area (TPSA) is 63.2 Å². The second kappa shape index (κ2) is 7.54. The summed E-state index contributed by atoms with van der Waals surface area (Å²) in [4.78, 5) is 12.8. The highest BCUT2D eigenvalue weighted by molar-refractivity contribution is 6.15. The molecule has 0 aliphatic rings. The number of benzene rings is 2. The monoisotopic (exact) mass is 343 g/mol. The smallest absolute Gasteiger partial charge is 0.207 e. The Hall–Kier alpha value is -3.58. The quantitative estimate of drug-likeness (QED) is 0.369. The van der Waals surface area contributed by atoms with Crippen LogP contribution in [0.3, 0.4) is 0 Å². The molecule has 0 N–H and O–H groups in total. The van der Waals surface area contributed by atoms with Crippen LogP contribution in [0.4, 0.5) is 0 Å². The zero-order chi connectivity index (χ0) is 18.5. The minimum absolute atomic E-state index is 0.0433. The summed E-state index contributed by atoms with van der Waals surface area (Å²) in [5, 5.41) is 9.46. The third kappa shape index (κ3) is 3.57. The first-order chi connectivity index (χ1) is 12.6. The maximum atomic E-state index is 12.8. The predicted octanol–water partition coefficient (Wildman–Crippen LogP) is 5.05. The maximum Gasteiger partial charge on any atom is 0.207 e. The van der Waals surface area contributed by atoms with E-state index in [4.69, 9.17) is 9.15 Å². The maximum absolute atomic E-state index is 12.8. The Bertz CT molecular complexity index is 1010. The van der Waals surface area contributed by atoms with E-state index in [1.165, 1.54) is 0 Å². The molecule has 3 aromatic rings. The molecule has 26 heavy (non-hydrogen) atoms. The van der Waals surface area contributed by atoms with Crippen molar-refractivity contribution in [2.24, 2.45) is 0 Å². The molecule has 0 aliphatic heterocycles. The standard InChI is InChI=1S/C22H17NO3/c1-15-20(13-21(26-15)17-8-4-3-5-9-17)22(24)18(14-23)11-16-7-6-10-19(12-16)25-2/h3-13H,1-2H3. The van der Waals surface area contributed by atoms with Crippen molar-refractivity contribution in [3.05, 3.63) is 83.1 Å². The number of hydrogen-bond acceptors (Lipinski definition) is 4. The van der Waals surface area contributed by atoms with Gasteiger partial charge < -0.3 is 9.15 Å². The van der Waals surface area contributed by atoms with Crippen LogP contribution in [-0.4, -0.2) is 12.9 Å². The van der Waals surface area contributed by atoms with Crippen LogP contribution >= 0.6 is 0 Å². The van der Waals surface area contributed by atoms with E-state index in [1.54, 1.807) is 44.4 Å². The van der Waals surface area contributed by atoms with Crippen molar-refractivity contribution in [3.63, 3.8) is 0 Å². The second-order valence-electron chi connectivity index (χ2n) is 5.72. The normalized spacial score (nSPS) is 11.0. The molecule has 0 saturated carbocycles. The number of furan rings is 1. The molecule has 0 bridgehead atoms. The zero-order valence-corrected chi connectivity index (χ0v) is 14.5. The lowest BCUT2D eigenvalue weighted by Crippen LogP contribution is -2.02. The van der Waals surface area contributed by atoms with Crippen molar-refractivity contribution < 1.29 is 13.9 Å². The second-order valence-corrected chi connectivity index (χ2v) is 5.72. The van der Waals surface area contributed by atoms with Gasteiger partial charge in [-0.3, -0.25) is 4.79 Å². The number of nitriles is 1. The Morgan fingerprint density at radius 2 is 1.88 bits per heavy atom. The van der Waals surface area contributed by atoms with E-state index < -0.39 is 0 Å². The Morgan fingerprint density at radius 1 is 1.12 bits per heavy atom. The molecule has 0 fully saturated rings. The fourth-order valence-corrected chi connectivity index (χ4v) is 2.64. The van der Waals surface area contributed by atoms with Crippen LogP contribution in [0, 0.1) is 18.3 Å². The average Bonchev–Trinajstić information content (AvgIpc) is 3.08.